The first-order valence-corrected chi connectivity index (χ1v) is 9.96. The lowest BCUT2D eigenvalue weighted by molar-refractivity contribution is -0.384. The Balaban J connectivity index is 0.000000169. The minimum atomic E-state index is -0.443. The molecule has 0 radical (unpaired) electrons. The van der Waals surface area contributed by atoms with Crippen LogP contribution in [0.5, 0.6) is 0 Å². The van der Waals surface area contributed by atoms with Crippen molar-refractivity contribution in [2.75, 3.05) is 22.9 Å². The summed E-state index contributed by atoms with van der Waals surface area (Å²) in [6.45, 7) is 1.58. The van der Waals surface area contributed by atoms with Gasteiger partial charge in [-0.3, -0.25) is 19.7 Å². The van der Waals surface area contributed by atoms with Gasteiger partial charge in [0, 0.05) is 49.4 Å². The number of anilines is 2. The van der Waals surface area contributed by atoms with Crippen molar-refractivity contribution in [2.24, 2.45) is 0 Å². The minimum absolute atomic E-state index is 0.0493. The van der Waals surface area contributed by atoms with Crippen LogP contribution in [0.25, 0.3) is 0 Å². The highest BCUT2D eigenvalue weighted by Crippen LogP contribution is 2.23. The van der Waals surface area contributed by atoms with Gasteiger partial charge in [0.05, 0.1) is 4.92 Å². The maximum Gasteiger partial charge on any atom is 0.269 e. The van der Waals surface area contributed by atoms with E-state index in [0.717, 1.165) is 43.6 Å². The van der Waals surface area contributed by atoms with E-state index in [9.17, 15) is 19.7 Å². The molecule has 2 amide bonds. The molecule has 29 heavy (non-hydrogen) atoms. The third-order valence-electron chi connectivity index (χ3n) is 5.09. The molecule has 0 spiro atoms. The normalized spacial score (nSPS) is 16.8. The molecule has 7 nitrogen and oxygen atoms in total. The van der Waals surface area contributed by atoms with E-state index in [4.69, 9.17) is 0 Å². The molecular weight excluding hydrogens is 370 g/mol. The zero-order valence-corrected chi connectivity index (χ0v) is 16.3. The quantitative estimate of drug-likeness (QED) is 0.572. The van der Waals surface area contributed by atoms with Gasteiger partial charge in [0.25, 0.3) is 5.69 Å². The number of hydrogen-bond donors (Lipinski definition) is 0. The first kappa shape index (κ1) is 20.5. The number of nitro benzene ring substituents is 1. The fraction of sp³-hybridized carbons (Fsp3) is 0.364. The summed E-state index contributed by atoms with van der Waals surface area (Å²) in [6, 6.07) is 16.0. The van der Waals surface area contributed by atoms with Gasteiger partial charge in [-0.2, -0.15) is 0 Å². The van der Waals surface area contributed by atoms with Crippen LogP contribution in [-0.2, 0) is 9.59 Å². The predicted molar refractivity (Wildman–Crippen MR) is 112 cm³/mol. The van der Waals surface area contributed by atoms with Crippen LogP contribution in [0.15, 0.2) is 54.6 Å². The van der Waals surface area contributed by atoms with Crippen molar-refractivity contribution in [1.82, 2.24) is 0 Å². The summed E-state index contributed by atoms with van der Waals surface area (Å²) in [5.74, 6) is 0.359. The highest BCUT2D eigenvalue weighted by atomic mass is 16.6. The second-order valence-corrected chi connectivity index (χ2v) is 7.11. The number of piperidine rings is 2. The fourth-order valence-corrected chi connectivity index (χ4v) is 3.52. The van der Waals surface area contributed by atoms with E-state index in [1.165, 1.54) is 12.1 Å². The molecular formula is C22H25N3O4. The molecule has 2 fully saturated rings. The zero-order valence-electron chi connectivity index (χ0n) is 16.3. The lowest BCUT2D eigenvalue weighted by Crippen LogP contribution is -2.35. The number of non-ortho nitro benzene ring substituents is 1. The lowest BCUT2D eigenvalue weighted by atomic mass is 10.1. The Kier molecular flexibility index (Phi) is 6.94. The molecule has 2 heterocycles. The van der Waals surface area contributed by atoms with Crippen LogP contribution in [0.2, 0.25) is 0 Å². The van der Waals surface area contributed by atoms with Crippen molar-refractivity contribution in [3.05, 3.63) is 64.7 Å². The van der Waals surface area contributed by atoms with Crippen LogP contribution < -0.4 is 9.80 Å². The van der Waals surface area contributed by atoms with Gasteiger partial charge in [-0.15, -0.1) is 0 Å². The van der Waals surface area contributed by atoms with Crippen molar-refractivity contribution >= 4 is 28.9 Å². The van der Waals surface area contributed by atoms with Crippen LogP contribution in [0.1, 0.15) is 38.5 Å². The van der Waals surface area contributed by atoms with Crippen LogP contribution >= 0.6 is 0 Å². The predicted octanol–water partition coefficient (Wildman–Crippen LogP) is 4.32. The standard InChI is InChI=1S/C11H12N2O3.C11H13NO/c14-11-3-1-2-8-12(11)9-4-6-10(7-5-9)13(15)16;13-11-8-4-5-9-12(11)10-6-2-1-3-7-10/h4-7H,1-3,8H2;1-3,6-7H,4-5,8-9H2. The number of benzene rings is 2. The van der Waals surface area contributed by atoms with E-state index in [1.54, 1.807) is 17.0 Å². The van der Waals surface area contributed by atoms with E-state index in [0.29, 0.717) is 19.4 Å². The van der Waals surface area contributed by atoms with Gasteiger partial charge in [-0.25, -0.2) is 0 Å². The van der Waals surface area contributed by atoms with Crippen molar-refractivity contribution in [3.8, 4) is 0 Å². The number of rotatable bonds is 3. The van der Waals surface area contributed by atoms with Crippen molar-refractivity contribution in [2.45, 2.75) is 38.5 Å². The molecule has 0 N–H and O–H groups in total. The van der Waals surface area contributed by atoms with E-state index >= 15 is 0 Å². The maximum atomic E-state index is 11.6. The van der Waals surface area contributed by atoms with Gasteiger partial charge >= 0.3 is 0 Å². The summed E-state index contributed by atoms with van der Waals surface area (Å²) < 4.78 is 0. The third kappa shape index (κ3) is 5.40. The number of nitro groups is 1. The summed E-state index contributed by atoms with van der Waals surface area (Å²) in [5, 5.41) is 10.5. The third-order valence-corrected chi connectivity index (χ3v) is 5.09. The second-order valence-electron chi connectivity index (χ2n) is 7.11. The molecule has 0 aliphatic carbocycles. The van der Waals surface area contributed by atoms with Gasteiger partial charge in [-0.1, -0.05) is 18.2 Å². The van der Waals surface area contributed by atoms with Crippen LogP contribution in [0.4, 0.5) is 17.1 Å². The summed E-state index contributed by atoms with van der Waals surface area (Å²) in [5.41, 5.74) is 1.83. The fourth-order valence-electron chi connectivity index (χ4n) is 3.52. The minimum Gasteiger partial charge on any atom is -0.312 e. The van der Waals surface area contributed by atoms with E-state index in [2.05, 4.69) is 0 Å². The Morgan fingerprint density at radius 1 is 0.690 bits per heavy atom. The SMILES string of the molecule is O=C1CCCCN1c1ccc([N+](=O)[O-])cc1.O=C1CCCCN1c1ccccc1. The molecule has 0 aromatic heterocycles. The number of amides is 2. The molecule has 2 aromatic rings. The van der Waals surface area contributed by atoms with Crippen LogP contribution in [0, 0.1) is 10.1 Å². The highest BCUT2D eigenvalue weighted by molar-refractivity contribution is 5.94. The molecule has 2 aliphatic rings. The molecule has 2 aromatic carbocycles. The van der Waals surface area contributed by atoms with Crippen molar-refractivity contribution in [1.29, 1.82) is 0 Å². The molecule has 152 valence electrons. The van der Waals surface area contributed by atoms with E-state index in [1.807, 2.05) is 35.2 Å². The number of carbonyl (C=O) groups excluding carboxylic acids is 2. The van der Waals surface area contributed by atoms with E-state index in [-0.39, 0.29) is 17.5 Å². The second kappa shape index (κ2) is 9.82. The van der Waals surface area contributed by atoms with Gasteiger partial charge in [0.15, 0.2) is 0 Å². The number of para-hydroxylation sites is 1. The topological polar surface area (TPSA) is 83.8 Å². The molecule has 0 unspecified atom stereocenters. The summed E-state index contributed by atoms with van der Waals surface area (Å²) in [6.07, 6.45) is 5.36. The summed E-state index contributed by atoms with van der Waals surface area (Å²) in [7, 11) is 0. The Morgan fingerprint density at radius 2 is 1.17 bits per heavy atom. The monoisotopic (exact) mass is 395 g/mol. The summed E-state index contributed by atoms with van der Waals surface area (Å²) in [4.78, 5) is 36.7. The Labute approximate surface area is 170 Å². The Bertz CT molecular complexity index is 852. The molecule has 0 bridgehead atoms. The van der Waals surface area contributed by atoms with Gasteiger partial charge in [0.2, 0.25) is 11.8 Å². The number of hydrogen-bond acceptors (Lipinski definition) is 4. The van der Waals surface area contributed by atoms with Gasteiger partial charge in [0.1, 0.15) is 0 Å². The number of nitrogens with zero attached hydrogens (tertiary/aromatic N) is 3. The molecule has 0 saturated carbocycles. The average molecular weight is 395 g/mol. The zero-order chi connectivity index (χ0) is 20.6. The average Bonchev–Trinajstić information content (AvgIpc) is 2.76. The smallest absolute Gasteiger partial charge is 0.269 e. The van der Waals surface area contributed by atoms with Gasteiger partial charge < -0.3 is 9.80 Å². The lowest BCUT2D eigenvalue weighted by Gasteiger charge is -2.26. The Hall–Kier alpha value is -3.22. The molecule has 2 aliphatic heterocycles. The summed E-state index contributed by atoms with van der Waals surface area (Å²) >= 11 is 0. The van der Waals surface area contributed by atoms with Crippen LogP contribution in [-0.4, -0.2) is 29.8 Å². The van der Waals surface area contributed by atoms with Crippen LogP contribution in [0.3, 0.4) is 0 Å². The largest absolute Gasteiger partial charge is 0.312 e. The first-order chi connectivity index (χ1) is 14.1. The highest BCUT2D eigenvalue weighted by Gasteiger charge is 2.20. The number of carbonyl (C=O) groups is 2. The van der Waals surface area contributed by atoms with Crippen molar-refractivity contribution < 1.29 is 14.5 Å². The Morgan fingerprint density at radius 3 is 1.62 bits per heavy atom. The molecule has 2 saturated heterocycles. The maximum absolute atomic E-state index is 11.6. The van der Waals surface area contributed by atoms with Gasteiger partial charge in [-0.05, 0) is 49.9 Å². The van der Waals surface area contributed by atoms with E-state index < -0.39 is 4.92 Å². The molecule has 0 atom stereocenters. The molecule has 7 heteroatoms. The first-order valence-electron chi connectivity index (χ1n) is 9.96. The van der Waals surface area contributed by atoms with Crippen molar-refractivity contribution in [3.63, 3.8) is 0 Å². The molecule has 4 rings (SSSR count).